The predicted octanol–water partition coefficient (Wildman–Crippen LogP) is 3.76. The quantitative estimate of drug-likeness (QED) is 0.786. The minimum absolute atomic E-state index is 0.00594. The Morgan fingerprint density at radius 2 is 2.04 bits per heavy atom. The van der Waals surface area contributed by atoms with Crippen LogP contribution in [0.1, 0.15) is 18.9 Å². The molecule has 2 aromatic rings. The first-order chi connectivity index (χ1) is 12.8. The molecule has 1 aliphatic rings. The lowest BCUT2D eigenvalue weighted by molar-refractivity contribution is 0.247. The molecule has 0 aliphatic carbocycles. The molecule has 3 rings (SSSR count). The second-order valence-electron chi connectivity index (χ2n) is 6.15. The molecule has 1 aliphatic heterocycles. The topological polar surface area (TPSA) is 78.5 Å². The number of halogens is 2. The summed E-state index contributed by atoms with van der Waals surface area (Å²) in [4.78, 5) is 13.8. The summed E-state index contributed by atoms with van der Waals surface area (Å²) in [5.74, 6) is -0.758. The Labute approximate surface area is 162 Å². The van der Waals surface area contributed by atoms with Crippen molar-refractivity contribution in [1.29, 1.82) is 0 Å². The van der Waals surface area contributed by atoms with Crippen LogP contribution in [0.4, 0.5) is 20.6 Å². The number of fused-ring (bicyclic) bond motifs is 1. The Kier molecular flexibility index (Phi) is 5.57. The Morgan fingerprint density at radius 3 is 2.74 bits per heavy atom. The van der Waals surface area contributed by atoms with Crippen molar-refractivity contribution in [2.75, 3.05) is 22.7 Å². The standard InChI is InChI=1S/C18H19ClFN3O3S/c1-2-8-21-18(24)23-9-7-12-10-14(4-6-17(12)23)27(25,26)22-16-5-3-13(19)11-15(16)20/h3-6,10-11,22H,2,7-9H2,1H3,(H,21,24). The molecule has 2 amide bonds. The summed E-state index contributed by atoms with van der Waals surface area (Å²) in [6, 6.07) is 8.02. The first-order valence-corrected chi connectivity index (χ1v) is 10.3. The lowest BCUT2D eigenvalue weighted by atomic mass is 10.2. The molecule has 0 aromatic heterocycles. The number of hydrogen-bond acceptors (Lipinski definition) is 3. The fraction of sp³-hybridized carbons (Fsp3) is 0.278. The molecule has 2 N–H and O–H groups in total. The first kappa shape index (κ1) is 19.4. The van der Waals surface area contributed by atoms with E-state index in [0.717, 1.165) is 18.1 Å². The molecule has 0 bridgehead atoms. The van der Waals surface area contributed by atoms with Gasteiger partial charge in [0.15, 0.2) is 0 Å². The van der Waals surface area contributed by atoms with Crippen LogP contribution in [0.3, 0.4) is 0 Å². The first-order valence-electron chi connectivity index (χ1n) is 8.48. The van der Waals surface area contributed by atoms with Gasteiger partial charge in [0, 0.05) is 23.8 Å². The SMILES string of the molecule is CCCNC(=O)N1CCc2cc(S(=O)(=O)Nc3ccc(Cl)cc3F)ccc21. The highest BCUT2D eigenvalue weighted by molar-refractivity contribution is 7.92. The monoisotopic (exact) mass is 411 g/mol. The van der Waals surface area contributed by atoms with Gasteiger partial charge < -0.3 is 5.32 Å². The van der Waals surface area contributed by atoms with E-state index >= 15 is 0 Å². The van der Waals surface area contributed by atoms with E-state index in [2.05, 4.69) is 10.0 Å². The largest absolute Gasteiger partial charge is 0.338 e. The van der Waals surface area contributed by atoms with Gasteiger partial charge in [-0.05, 0) is 54.8 Å². The van der Waals surface area contributed by atoms with E-state index in [0.29, 0.717) is 25.2 Å². The lowest BCUT2D eigenvalue weighted by Gasteiger charge is -2.18. The number of carbonyl (C=O) groups is 1. The van der Waals surface area contributed by atoms with E-state index in [1.54, 1.807) is 11.0 Å². The van der Waals surface area contributed by atoms with Crippen LogP contribution >= 0.6 is 11.6 Å². The molecule has 9 heteroatoms. The fourth-order valence-corrected chi connectivity index (χ4v) is 4.14. The van der Waals surface area contributed by atoms with Gasteiger partial charge in [-0.1, -0.05) is 18.5 Å². The van der Waals surface area contributed by atoms with Crippen molar-refractivity contribution in [3.05, 3.63) is 52.8 Å². The smallest absolute Gasteiger partial charge is 0.321 e. The van der Waals surface area contributed by atoms with Crippen LogP contribution < -0.4 is 14.9 Å². The molecule has 0 spiro atoms. The van der Waals surface area contributed by atoms with Crippen LogP contribution in [-0.4, -0.2) is 27.5 Å². The van der Waals surface area contributed by atoms with Gasteiger partial charge in [0.05, 0.1) is 10.6 Å². The number of carbonyl (C=O) groups excluding carboxylic acids is 1. The summed E-state index contributed by atoms with van der Waals surface area (Å²) in [5.41, 5.74) is 1.25. The molecule has 1 heterocycles. The number of rotatable bonds is 5. The zero-order valence-corrected chi connectivity index (χ0v) is 16.2. The third-order valence-corrected chi connectivity index (χ3v) is 5.80. The van der Waals surface area contributed by atoms with Crippen LogP contribution in [0.5, 0.6) is 0 Å². The maximum atomic E-state index is 13.9. The Balaban J connectivity index is 1.83. The summed E-state index contributed by atoms with van der Waals surface area (Å²) in [6.45, 7) is 3.02. The van der Waals surface area contributed by atoms with Gasteiger partial charge in [0.1, 0.15) is 5.82 Å². The molecule has 0 atom stereocenters. The molecule has 0 radical (unpaired) electrons. The van der Waals surface area contributed by atoms with Crippen LogP contribution in [0.25, 0.3) is 0 Å². The summed E-state index contributed by atoms with van der Waals surface area (Å²) in [6.07, 6.45) is 1.38. The van der Waals surface area contributed by atoms with Gasteiger partial charge in [-0.3, -0.25) is 9.62 Å². The number of hydrogen-bond donors (Lipinski definition) is 2. The van der Waals surface area contributed by atoms with Crippen molar-refractivity contribution in [2.45, 2.75) is 24.7 Å². The van der Waals surface area contributed by atoms with Gasteiger partial charge in [0.25, 0.3) is 10.0 Å². The average Bonchev–Trinajstić information content (AvgIpc) is 3.05. The number of urea groups is 1. The fourth-order valence-electron chi connectivity index (χ4n) is 2.86. The second-order valence-corrected chi connectivity index (χ2v) is 8.27. The van der Waals surface area contributed by atoms with Gasteiger partial charge in [0.2, 0.25) is 0 Å². The minimum Gasteiger partial charge on any atom is -0.338 e. The molecule has 0 saturated carbocycles. The van der Waals surface area contributed by atoms with E-state index in [-0.39, 0.29) is 21.6 Å². The molecule has 27 heavy (non-hydrogen) atoms. The highest BCUT2D eigenvalue weighted by Gasteiger charge is 2.26. The number of sulfonamides is 1. The lowest BCUT2D eigenvalue weighted by Crippen LogP contribution is -2.39. The minimum atomic E-state index is -3.97. The third kappa shape index (κ3) is 4.17. The predicted molar refractivity (Wildman–Crippen MR) is 103 cm³/mol. The van der Waals surface area contributed by atoms with Crippen molar-refractivity contribution >= 4 is 39.0 Å². The van der Waals surface area contributed by atoms with Crippen LogP contribution in [0.2, 0.25) is 5.02 Å². The van der Waals surface area contributed by atoms with E-state index < -0.39 is 15.8 Å². The van der Waals surface area contributed by atoms with E-state index in [1.165, 1.54) is 24.3 Å². The summed E-state index contributed by atoms with van der Waals surface area (Å²) in [7, 11) is -3.97. The molecule has 144 valence electrons. The van der Waals surface area contributed by atoms with Crippen molar-refractivity contribution in [3.8, 4) is 0 Å². The van der Waals surface area contributed by atoms with E-state index in [1.807, 2.05) is 6.92 Å². The van der Waals surface area contributed by atoms with Crippen LogP contribution in [-0.2, 0) is 16.4 Å². The highest BCUT2D eigenvalue weighted by Crippen LogP contribution is 2.31. The van der Waals surface area contributed by atoms with Gasteiger partial charge in [-0.2, -0.15) is 0 Å². The molecular formula is C18H19ClFN3O3S. The van der Waals surface area contributed by atoms with Crippen molar-refractivity contribution in [2.24, 2.45) is 0 Å². The number of amides is 2. The Bertz CT molecular complexity index is 982. The Hall–Kier alpha value is -2.32. The molecule has 0 fully saturated rings. The van der Waals surface area contributed by atoms with E-state index in [4.69, 9.17) is 11.6 Å². The van der Waals surface area contributed by atoms with Gasteiger partial charge in [-0.25, -0.2) is 17.6 Å². The maximum absolute atomic E-state index is 13.9. The molecule has 2 aromatic carbocycles. The third-order valence-electron chi connectivity index (χ3n) is 4.20. The maximum Gasteiger partial charge on any atom is 0.321 e. The number of nitrogens with zero attached hydrogens (tertiary/aromatic N) is 1. The number of benzene rings is 2. The normalized spacial score (nSPS) is 13.4. The van der Waals surface area contributed by atoms with Crippen LogP contribution in [0, 0.1) is 5.82 Å². The zero-order chi connectivity index (χ0) is 19.6. The van der Waals surface area contributed by atoms with Crippen molar-refractivity contribution < 1.29 is 17.6 Å². The summed E-state index contributed by atoms with van der Waals surface area (Å²) < 4.78 is 41.3. The van der Waals surface area contributed by atoms with E-state index in [9.17, 15) is 17.6 Å². The molecule has 0 unspecified atom stereocenters. The van der Waals surface area contributed by atoms with Crippen LogP contribution in [0.15, 0.2) is 41.3 Å². The van der Waals surface area contributed by atoms with Gasteiger partial charge >= 0.3 is 6.03 Å². The second kappa shape index (κ2) is 7.74. The molecule has 6 nitrogen and oxygen atoms in total. The van der Waals surface area contributed by atoms with Gasteiger partial charge in [-0.15, -0.1) is 0 Å². The molecular weight excluding hydrogens is 393 g/mol. The number of anilines is 2. The Morgan fingerprint density at radius 1 is 1.26 bits per heavy atom. The zero-order valence-electron chi connectivity index (χ0n) is 14.6. The van der Waals surface area contributed by atoms with Crippen molar-refractivity contribution in [3.63, 3.8) is 0 Å². The summed E-state index contributed by atoms with van der Waals surface area (Å²) in [5, 5.41) is 2.98. The summed E-state index contributed by atoms with van der Waals surface area (Å²) >= 11 is 5.69. The average molecular weight is 412 g/mol. The molecule has 0 saturated heterocycles. The number of nitrogens with one attached hydrogen (secondary N) is 2. The highest BCUT2D eigenvalue weighted by atomic mass is 35.5. The van der Waals surface area contributed by atoms with Crippen molar-refractivity contribution in [1.82, 2.24) is 5.32 Å².